The van der Waals surface area contributed by atoms with E-state index in [1.165, 1.54) is 68.3 Å². The maximum absolute atomic E-state index is 2.51. The molecule has 0 bridgehead atoms. The zero-order valence-electron chi connectivity index (χ0n) is 19.7. The lowest BCUT2D eigenvalue weighted by Crippen LogP contribution is -2.38. The van der Waals surface area contributed by atoms with Crippen molar-refractivity contribution < 1.29 is 4.57 Å². The van der Waals surface area contributed by atoms with Gasteiger partial charge in [0.05, 0.1) is 13.0 Å². The molecule has 3 rings (SSSR count). The third-order valence-corrected chi connectivity index (χ3v) is 6.40. The fourth-order valence-electron chi connectivity index (χ4n) is 4.45. The largest absolute Gasteiger partial charge is 0.257 e. The van der Waals surface area contributed by atoms with Gasteiger partial charge in [-0.15, -0.1) is 0 Å². The van der Waals surface area contributed by atoms with Crippen LogP contribution in [0.1, 0.15) is 88.1 Å². The summed E-state index contributed by atoms with van der Waals surface area (Å²) in [5, 5.41) is 0. The summed E-state index contributed by atoms with van der Waals surface area (Å²) in [6.07, 6.45) is 16.6. The fraction of sp³-hybridized carbons (Fsp3) is 0.483. The van der Waals surface area contributed by atoms with Crippen molar-refractivity contribution in [1.29, 1.82) is 0 Å². The molecule has 166 valence electrons. The minimum absolute atomic E-state index is 0.510. The van der Waals surface area contributed by atoms with Crippen LogP contribution in [0.15, 0.2) is 73.1 Å². The summed E-state index contributed by atoms with van der Waals surface area (Å²) < 4.78 is 4.97. The smallest absolute Gasteiger partial charge is 0.234 e. The van der Waals surface area contributed by atoms with Crippen molar-refractivity contribution in [2.45, 2.75) is 90.6 Å². The predicted octanol–water partition coefficient (Wildman–Crippen LogP) is 7.31. The second kappa shape index (κ2) is 13.1. The number of benzene rings is 2. The summed E-state index contributed by atoms with van der Waals surface area (Å²) in [5.74, 6) is 1.96. The number of hydrogen-bond donors (Lipinski definition) is 0. The van der Waals surface area contributed by atoms with Gasteiger partial charge in [-0.25, -0.2) is 9.13 Å². The van der Waals surface area contributed by atoms with E-state index in [0.717, 1.165) is 19.5 Å². The van der Waals surface area contributed by atoms with Crippen LogP contribution in [0, 0.1) is 0 Å². The van der Waals surface area contributed by atoms with Crippen molar-refractivity contribution in [3.63, 3.8) is 0 Å². The Morgan fingerprint density at radius 1 is 0.774 bits per heavy atom. The molecule has 1 heterocycles. The first kappa shape index (κ1) is 23.3. The van der Waals surface area contributed by atoms with Gasteiger partial charge in [0.15, 0.2) is 0 Å². The molecule has 0 N–H and O–H groups in total. The van der Waals surface area contributed by atoms with E-state index in [4.69, 9.17) is 0 Å². The van der Waals surface area contributed by atoms with Crippen LogP contribution < -0.4 is 4.57 Å². The lowest BCUT2D eigenvalue weighted by molar-refractivity contribution is -0.695. The standard InChI is InChI=1S/C29H41N2/c1-3-4-5-6-7-8-9-16-21-30-22-23-31(25-27-17-12-10-13-18-27)29(30)24-26(2)28-19-14-11-15-20-28/h10-15,17-20,22-23,26H,3-9,16,21,24-25H2,1-2H3/q+1. The van der Waals surface area contributed by atoms with Crippen LogP contribution in [0.2, 0.25) is 0 Å². The van der Waals surface area contributed by atoms with Crippen LogP contribution in [0.4, 0.5) is 0 Å². The molecule has 0 aliphatic heterocycles. The van der Waals surface area contributed by atoms with E-state index in [-0.39, 0.29) is 0 Å². The summed E-state index contributed by atoms with van der Waals surface area (Å²) in [5.41, 5.74) is 2.79. The normalized spacial score (nSPS) is 12.2. The second-order valence-corrected chi connectivity index (χ2v) is 9.01. The molecule has 0 amide bonds. The summed E-state index contributed by atoms with van der Waals surface area (Å²) in [6, 6.07) is 21.8. The molecular weight excluding hydrogens is 376 g/mol. The lowest BCUT2D eigenvalue weighted by atomic mass is 9.97. The Balaban J connectivity index is 1.62. The SMILES string of the molecule is CCCCCCCCCCn1cc[n+](Cc2ccccc2)c1CC(C)c1ccccc1. The highest BCUT2D eigenvalue weighted by molar-refractivity contribution is 5.19. The highest BCUT2D eigenvalue weighted by atomic mass is 15.1. The van der Waals surface area contributed by atoms with Gasteiger partial charge in [0.25, 0.3) is 5.82 Å². The second-order valence-electron chi connectivity index (χ2n) is 9.01. The summed E-state index contributed by atoms with van der Waals surface area (Å²) >= 11 is 0. The Morgan fingerprint density at radius 3 is 2.06 bits per heavy atom. The zero-order valence-corrected chi connectivity index (χ0v) is 19.7. The molecular formula is C29H41N2+. The predicted molar refractivity (Wildman–Crippen MR) is 131 cm³/mol. The first-order valence-corrected chi connectivity index (χ1v) is 12.4. The summed E-state index contributed by atoms with van der Waals surface area (Å²) in [7, 11) is 0. The van der Waals surface area contributed by atoms with E-state index in [0.29, 0.717) is 5.92 Å². The van der Waals surface area contributed by atoms with Crippen molar-refractivity contribution in [2.24, 2.45) is 0 Å². The number of hydrogen-bond acceptors (Lipinski definition) is 0. The molecule has 0 aliphatic rings. The molecule has 0 spiro atoms. The number of aromatic nitrogens is 2. The van der Waals surface area contributed by atoms with Gasteiger partial charge in [0.1, 0.15) is 18.9 Å². The number of rotatable bonds is 14. The molecule has 1 aromatic heterocycles. The molecule has 0 saturated heterocycles. The topological polar surface area (TPSA) is 8.81 Å². The molecule has 3 aromatic rings. The van der Waals surface area contributed by atoms with Crippen molar-refractivity contribution in [2.75, 3.05) is 0 Å². The van der Waals surface area contributed by atoms with Crippen molar-refractivity contribution in [3.8, 4) is 0 Å². The van der Waals surface area contributed by atoms with Gasteiger partial charge in [-0.3, -0.25) is 0 Å². The van der Waals surface area contributed by atoms with E-state index in [1.54, 1.807) is 0 Å². The lowest BCUT2D eigenvalue weighted by Gasteiger charge is -2.12. The van der Waals surface area contributed by atoms with E-state index >= 15 is 0 Å². The zero-order chi connectivity index (χ0) is 21.7. The monoisotopic (exact) mass is 417 g/mol. The van der Waals surface area contributed by atoms with E-state index in [1.807, 2.05) is 0 Å². The molecule has 2 nitrogen and oxygen atoms in total. The highest BCUT2D eigenvalue weighted by Gasteiger charge is 2.21. The van der Waals surface area contributed by atoms with E-state index in [9.17, 15) is 0 Å². The molecule has 0 aliphatic carbocycles. The number of nitrogens with zero attached hydrogens (tertiary/aromatic N) is 2. The Bertz CT molecular complexity index is 851. The Labute approximate surface area is 190 Å². The van der Waals surface area contributed by atoms with Crippen LogP contribution in [-0.4, -0.2) is 4.57 Å². The number of unbranched alkanes of at least 4 members (excludes halogenated alkanes) is 7. The molecule has 0 saturated carbocycles. The maximum Gasteiger partial charge on any atom is 0.257 e. The Kier molecular flexibility index (Phi) is 9.89. The molecule has 1 unspecified atom stereocenters. The Hall–Kier alpha value is -2.35. The molecule has 0 radical (unpaired) electrons. The molecule has 31 heavy (non-hydrogen) atoms. The molecule has 1 atom stereocenters. The Morgan fingerprint density at radius 2 is 1.39 bits per heavy atom. The van der Waals surface area contributed by atoms with Crippen LogP contribution in [0.3, 0.4) is 0 Å². The van der Waals surface area contributed by atoms with E-state index in [2.05, 4.69) is 96.0 Å². The first-order chi connectivity index (χ1) is 15.3. The van der Waals surface area contributed by atoms with Crippen LogP contribution >= 0.6 is 0 Å². The van der Waals surface area contributed by atoms with Crippen molar-refractivity contribution in [1.82, 2.24) is 4.57 Å². The third kappa shape index (κ3) is 7.69. The van der Waals surface area contributed by atoms with Crippen LogP contribution in [-0.2, 0) is 19.5 Å². The average Bonchev–Trinajstić information content (AvgIpc) is 3.17. The molecule has 2 aromatic carbocycles. The number of aryl methyl sites for hydroxylation is 1. The summed E-state index contributed by atoms with van der Waals surface area (Å²) in [4.78, 5) is 0. The fourth-order valence-corrected chi connectivity index (χ4v) is 4.45. The van der Waals surface area contributed by atoms with Gasteiger partial charge in [0.2, 0.25) is 0 Å². The van der Waals surface area contributed by atoms with Crippen LogP contribution in [0.25, 0.3) is 0 Å². The van der Waals surface area contributed by atoms with E-state index < -0.39 is 0 Å². The van der Waals surface area contributed by atoms with Crippen LogP contribution in [0.5, 0.6) is 0 Å². The quantitative estimate of drug-likeness (QED) is 0.192. The van der Waals surface area contributed by atoms with Gasteiger partial charge in [-0.2, -0.15) is 0 Å². The van der Waals surface area contributed by atoms with Gasteiger partial charge in [-0.1, -0.05) is 113 Å². The summed E-state index contributed by atoms with van der Waals surface area (Å²) in [6.45, 7) is 6.73. The van der Waals surface area contributed by atoms with Gasteiger partial charge >= 0.3 is 0 Å². The minimum Gasteiger partial charge on any atom is -0.234 e. The maximum atomic E-state index is 2.51. The first-order valence-electron chi connectivity index (χ1n) is 12.4. The number of imidazole rings is 1. The van der Waals surface area contributed by atoms with Crippen molar-refractivity contribution >= 4 is 0 Å². The van der Waals surface area contributed by atoms with Crippen molar-refractivity contribution in [3.05, 3.63) is 90.0 Å². The molecule has 0 fully saturated rings. The highest BCUT2D eigenvalue weighted by Crippen LogP contribution is 2.20. The van der Waals surface area contributed by atoms with Gasteiger partial charge in [-0.05, 0) is 29.9 Å². The third-order valence-electron chi connectivity index (χ3n) is 6.40. The van der Waals surface area contributed by atoms with Gasteiger partial charge in [0, 0.05) is 0 Å². The minimum atomic E-state index is 0.510. The molecule has 2 heteroatoms. The van der Waals surface area contributed by atoms with Gasteiger partial charge < -0.3 is 0 Å². The average molecular weight is 418 g/mol.